The van der Waals surface area contributed by atoms with Gasteiger partial charge in [-0.25, -0.2) is 13.9 Å². The number of amides is 1. The molecule has 0 saturated heterocycles. The number of hydrogen-bond donors (Lipinski definition) is 2. The van der Waals surface area contributed by atoms with Gasteiger partial charge in [0.1, 0.15) is 6.04 Å². The molecule has 7 nitrogen and oxygen atoms in total. The van der Waals surface area contributed by atoms with Gasteiger partial charge in [0.15, 0.2) is 0 Å². The fourth-order valence-corrected chi connectivity index (χ4v) is 5.34. The van der Waals surface area contributed by atoms with Crippen molar-refractivity contribution in [2.75, 3.05) is 5.75 Å². The Morgan fingerprint density at radius 3 is 2.09 bits per heavy atom. The Hall–Kier alpha value is -3.49. The Morgan fingerprint density at radius 1 is 0.909 bits per heavy atom. The summed E-state index contributed by atoms with van der Waals surface area (Å²) in [4.78, 5) is 12.2. The number of rotatable bonds is 7. The van der Waals surface area contributed by atoms with E-state index in [1.54, 1.807) is 5.48 Å². The van der Waals surface area contributed by atoms with Gasteiger partial charge in [-0.3, -0.25) is 10.0 Å². The Kier molecular flexibility index (Phi) is 6.86. The summed E-state index contributed by atoms with van der Waals surface area (Å²) < 4.78 is 27.3. The highest BCUT2D eigenvalue weighted by Gasteiger charge is 2.37. The molecule has 33 heavy (non-hydrogen) atoms. The summed E-state index contributed by atoms with van der Waals surface area (Å²) in [6, 6.07) is 25.9. The van der Waals surface area contributed by atoms with Gasteiger partial charge in [-0.2, -0.15) is 9.52 Å². The van der Waals surface area contributed by atoms with E-state index in [-0.39, 0.29) is 18.6 Å². The molecule has 170 valence electrons. The molecule has 1 amide bonds. The number of nitrogens with zero attached hydrogens (tertiary/aromatic N) is 2. The van der Waals surface area contributed by atoms with Crippen molar-refractivity contribution >= 4 is 21.6 Å². The van der Waals surface area contributed by atoms with Crippen LogP contribution in [0.2, 0.25) is 0 Å². The predicted octanol–water partition coefficient (Wildman–Crippen LogP) is 3.60. The van der Waals surface area contributed by atoms with Crippen LogP contribution in [0.4, 0.5) is 0 Å². The lowest BCUT2D eigenvalue weighted by molar-refractivity contribution is -0.133. The molecule has 0 saturated carbocycles. The third kappa shape index (κ3) is 5.30. The van der Waals surface area contributed by atoms with E-state index in [0.29, 0.717) is 12.1 Å². The van der Waals surface area contributed by atoms with E-state index in [4.69, 9.17) is 5.21 Å². The molecular formula is C25H25N3O4S. The van der Waals surface area contributed by atoms with E-state index in [9.17, 15) is 13.2 Å². The molecule has 0 bridgehead atoms. The lowest BCUT2D eigenvalue weighted by Gasteiger charge is -2.31. The van der Waals surface area contributed by atoms with Gasteiger partial charge in [0, 0.05) is 0 Å². The largest absolute Gasteiger partial charge is 0.289 e. The summed E-state index contributed by atoms with van der Waals surface area (Å²) in [5.41, 5.74) is 5.97. The number of hydroxylamine groups is 1. The first-order valence-corrected chi connectivity index (χ1v) is 12.3. The number of hydrazone groups is 1. The summed E-state index contributed by atoms with van der Waals surface area (Å²) in [6.07, 6.45) is 0.928. The molecule has 1 aliphatic rings. The van der Waals surface area contributed by atoms with Crippen molar-refractivity contribution in [3.63, 3.8) is 0 Å². The summed E-state index contributed by atoms with van der Waals surface area (Å²) in [6.45, 7) is 0. The van der Waals surface area contributed by atoms with Crippen LogP contribution in [0.5, 0.6) is 0 Å². The molecule has 1 aliphatic heterocycles. The molecule has 0 fully saturated rings. The molecule has 0 aliphatic carbocycles. The Bertz CT molecular complexity index is 1230. The maximum Gasteiger partial charge on any atom is 0.269 e. The molecule has 3 aromatic carbocycles. The van der Waals surface area contributed by atoms with Gasteiger partial charge < -0.3 is 0 Å². The van der Waals surface area contributed by atoms with E-state index in [0.717, 1.165) is 26.7 Å². The second kappa shape index (κ2) is 9.97. The maximum atomic E-state index is 13.2. The van der Waals surface area contributed by atoms with Crippen molar-refractivity contribution in [2.45, 2.75) is 25.3 Å². The number of sulfonamides is 1. The van der Waals surface area contributed by atoms with Crippen molar-refractivity contribution in [3.05, 3.63) is 96.1 Å². The number of benzene rings is 3. The zero-order chi connectivity index (χ0) is 23.3. The SMILES string of the molecule is O=C(NO)C1CCC(c2ccccc2)=NN1S(=O)(=O)CCc1ccc(-c2ccccc2)cc1. The van der Waals surface area contributed by atoms with Gasteiger partial charge in [-0.15, -0.1) is 0 Å². The van der Waals surface area contributed by atoms with Crippen LogP contribution in [0, 0.1) is 0 Å². The normalized spacial score (nSPS) is 16.2. The summed E-state index contributed by atoms with van der Waals surface area (Å²) in [7, 11) is -3.92. The number of aryl methyl sites for hydroxylation is 1. The molecule has 0 aromatic heterocycles. The lowest BCUT2D eigenvalue weighted by atomic mass is 10.0. The summed E-state index contributed by atoms with van der Waals surface area (Å²) in [5, 5.41) is 13.4. The zero-order valence-corrected chi connectivity index (χ0v) is 18.8. The van der Waals surface area contributed by atoms with Crippen molar-refractivity contribution in [3.8, 4) is 11.1 Å². The van der Waals surface area contributed by atoms with E-state index in [2.05, 4.69) is 5.10 Å². The minimum atomic E-state index is -3.92. The zero-order valence-electron chi connectivity index (χ0n) is 18.0. The highest BCUT2D eigenvalue weighted by Crippen LogP contribution is 2.24. The number of nitrogens with one attached hydrogen (secondary N) is 1. The second-order valence-corrected chi connectivity index (χ2v) is 9.79. The highest BCUT2D eigenvalue weighted by molar-refractivity contribution is 7.89. The van der Waals surface area contributed by atoms with Crippen LogP contribution in [-0.4, -0.2) is 41.5 Å². The Labute approximate surface area is 193 Å². The van der Waals surface area contributed by atoms with Crippen molar-refractivity contribution in [1.29, 1.82) is 0 Å². The molecule has 1 atom stereocenters. The van der Waals surface area contributed by atoms with Crippen molar-refractivity contribution in [1.82, 2.24) is 9.89 Å². The maximum absolute atomic E-state index is 13.2. The number of carbonyl (C=O) groups excluding carboxylic acids is 1. The van der Waals surface area contributed by atoms with Crippen molar-refractivity contribution in [2.24, 2.45) is 5.10 Å². The fraction of sp³-hybridized carbons (Fsp3) is 0.200. The fourth-order valence-electron chi connectivity index (χ4n) is 3.85. The minimum absolute atomic E-state index is 0.210. The molecule has 2 N–H and O–H groups in total. The van der Waals surface area contributed by atoms with E-state index in [1.807, 2.05) is 84.9 Å². The predicted molar refractivity (Wildman–Crippen MR) is 127 cm³/mol. The van der Waals surface area contributed by atoms with Gasteiger partial charge in [-0.05, 0) is 41.5 Å². The third-order valence-corrected chi connectivity index (χ3v) is 7.28. The van der Waals surface area contributed by atoms with Crippen LogP contribution < -0.4 is 5.48 Å². The highest BCUT2D eigenvalue weighted by atomic mass is 32.2. The molecule has 4 rings (SSSR count). The molecule has 0 spiro atoms. The molecule has 3 aromatic rings. The second-order valence-electron chi connectivity index (χ2n) is 7.84. The van der Waals surface area contributed by atoms with E-state index in [1.165, 1.54) is 0 Å². The van der Waals surface area contributed by atoms with Gasteiger partial charge in [-0.1, -0.05) is 84.9 Å². The van der Waals surface area contributed by atoms with Gasteiger partial charge in [0.2, 0.25) is 0 Å². The lowest BCUT2D eigenvalue weighted by Crippen LogP contribution is -2.49. The Morgan fingerprint density at radius 2 is 1.48 bits per heavy atom. The van der Waals surface area contributed by atoms with Crippen LogP contribution in [0.1, 0.15) is 24.0 Å². The van der Waals surface area contributed by atoms with Crippen LogP contribution in [0.25, 0.3) is 11.1 Å². The summed E-state index contributed by atoms with van der Waals surface area (Å²) >= 11 is 0. The first-order valence-electron chi connectivity index (χ1n) is 10.7. The van der Waals surface area contributed by atoms with E-state index >= 15 is 0 Å². The quantitative estimate of drug-likeness (QED) is 0.413. The van der Waals surface area contributed by atoms with Crippen LogP contribution >= 0.6 is 0 Å². The van der Waals surface area contributed by atoms with Gasteiger partial charge in [0.05, 0.1) is 11.5 Å². The molecule has 1 heterocycles. The average Bonchev–Trinajstić information content (AvgIpc) is 2.88. The molecule has 8 heteroatoms. The Balaban J connectivity index is 1.53. The smallest absolute Gasteiger partial charge is 0.269 e. The molecule has 0 radical (unpaired) electrons. The molecular weight excluding hydrogens is 438 g/mol. The van der Waals surface area contributed by atoms with Gasteiger partial charge >= 0.3 is 0 Å². The first kappa shape index (κ1) is 22.7. The molecule has 1 unspecified atom stereocenters. The number of hydrogen-bond acceptors (Lipinski definition) is 5. The van der Waals surface area contributed by atoms with Crippen LogP contribution in [0.15, 0.2) is 90.0 Å². The van der Waals surface area contributed by atoms with Crippen molar-refractivity contribution < 1.29 is 18.4 Å². The number of carbonyl (C=O) groups is 1. The van der Waals surface area contributed by atoms with Crippen LogP contribution in [-0.2, 0) is 21.2 Å². The monoisotopic (exact) mass is 463 g/mol. The minimum Gasteiger partial charge on any atom is -0.289 e. The van der Waals surface area contributed by atoms with E-state index < -0.39 is 22.0 Å². The van der Waals surface area contributed by atoms with Crippen LogP contribution in [0.3, 0.4) is 0 Å². The third-order valence-electron chi connectivity index (χ3n) is 5.66. The average molecular weight is 464 g/mol. The van der Waals surface area contributed by atoms with Gasteiger partial charge in [0.25, 0.3) is 15.9 Å². The summed E-state index contributed by atoms with van der Waals surface area (Å²) in [5.74, 6) is -1.000. The topological polar surface area (TPSA) is 99.1 Å². The first-order chi connectivity index (χ1) is 16.0. The standard InChI is InChI=1S/C25H25N3O4S/c29-25(27-30)24-16-15-23(22-9-5-2-6-10-22)26-28(24)33(31,32)18-17-19-11-13-21(14-12-19)20-7-3-1-4-8-20/h1-14,24,30H,15-18H2,(H,27,29).